The molecule has 0 spiro atoms. The highest BCUT2D eigenvalue weighted by Gasteiger charge is 2.21. The van der Waals surface area contributed by atoms with Crippen molar-refractivity contribution in [2.45, 2.75) is 12.4 Å². The van der Waals surface area contributed by atoms with E-state index in [0.717, 1.165) is 0 Å². The number of thioether (sulfide) groups is 1. The molecule has 0 saturated heterocycles. The third-order valence-electron chi connectivity index (χ3n) is 1.78. The SMILES string of the molecule is CCOC(=O)CN1C=CSC1N=CN(C)C. The molecule has 0 aromatic carbocycles. The molecule has 0 aromatic heterocycles. The van der Waals surface area contributed by atoms with Crippen LogP contribution >= 0.6 is 11.8 Å². The van der Waals surface area contributed by atoms with E-state index in [4.69, 9.17) is 4.74 Å². The average Bonchev–Trinajstić information content (AvgIpc) is 2.62. The lowest BCUT2D eigenvalue weighted by molar-refractivity contribution is -0.143. The van der Waals surface area contributed by atoms with Crippen LogP contribution in [0.5, 0.6) is 0 Å². The second-order valence-corrected chi connectivity index (χ2v) is 4.42. The van der Waals surface area contributed by atoms with Crippen LogP contribution in [-0.2, 0) is 9.53 Å². The van der Waals surface area contributed by atoms with Gasteiger partial charge in [-0.3, -0.25) is 4.79 Å². The molecule has 5 nitrogen and oxygen atoms in total. The fourth-order valence-electron chi connectivity index (χ4n) is 1.13. The molecule has 1 rings (SSSR count). The van der Waals surface area contributed by atoms with Crippen molar-refractivity contribution >= 4 is 24.1 Å². The molecule has 6 heteroatoms. The molecular weight excluding hydrogens is 226 g/mol. The monoisotopic (exact) mass is 243 g/mol. The van der Waals surface area contributed by atoms with Gasteiger partial charge in [0.05, 0.1) is 12.9 Å². The van der Waals surface area contributed by atoms with Gasteiger partial charge in [-0.25, -0.2) is 4.99 Å². The lowest BCUT2D eigenvalue weighted by Gasteiger charge is -2.20. The predicted octanol–water partition coefficient (Wildman–Crippen LogP) is 0.943. The lowest BCUT2D eigenvalue weighted by Crippen LogP contribution is -2.31. The Morgan fingerprint density at radius 2 is 2.44 bits per heavy atom. The Bertz CT molecular complexity index is 292. The van der Waals surface area contributed by atoms with Crippen LogP contribution in [0.4, 0.5) is 0 Å². The molecule has 90 valence electrons. The van der Waals surface area contributed by atoms with Crippen LogP contribution in [0, 0.1) is 0 Å². The molecule has 16 heavy (non-hydrogen) atoms. The summed E-state index contributed by atoms with van der Waals surface area (Å²) in [5, 5.41) is 1.93. The fraction of sp³-hybridized carbons (Fsp3) is 0.600. The van der Waals surface area contributed by atoms with Crippen LogP contribution in [0.25, 0.3) is 0 Å². The standard InChI is InChI=1S/C10H17N3O2S/c1-4-15-9(14)7-13-5-6-16-10(13)11-8-12(2)3/h5-6,8,10H,4,7H2,1-3H3. The molecule has 1 aliphatic heterocycles. The molecule has 0 amide bonds. The first-order valence-corrected chi connectivity index (χ1v) is 6.01. The van der Waals surface area contributed by atoms with Crippen molar-refractivity contribution < 1.29 is 9.53 Å². The number of hydrogen-bond acceptors (Lipinski definition) is 5. The van der Waals surface area contributed by atoms with E-state index in [0.29, 0.717) is 6.61 Å². The number of nitrogens with zero attached hydrogens (tertiary/aromatic N) is 3. The van der Waals surface area contributed by atoms with Gasteiger partial charge in [-0.1, -0.05) is 11.8 Å². The van der Waals surface area contributed by atoms with Crippen molar-refractivity contribution in [2.75, 3.05) is 27.2 Å². The van der Waals surface area contributed by atoms with Gasteiger partial charge in [0, 0.05) is 20.3 Å². The van der Waals surface area contributed by atoms with Gasteiger partial charge in [-0.15, -0.1) is 0 Å². The smallest absolute Gasteiger partial charge is 0.325 e. The zero-order chi connectivity index (χ0) is 12.0. The van der Waals surface area contributed by atoms with E-state index in [9.17, 15) is 4.79 Å². The predicted molar refractivity (Wildman–Crippen MR) is 66.0 cm³/mol. The quantitative estimate of drug-likeness (QED) is 0.408. The van der Waals surface area contributed by atoms with Gasteiger partial charge < -0.3 is 14.5 Å². The number of carbonyl (C=O) groups is 1. The minimum absolute atomic E-state index is 0.0631. The fourth-order valence-corrected chi connectivity index (χ4v) is 1.93. The number of ether oxygens (including phenoxy) is 1. The van der Waals surface area contributed by atoms with Crippen LogP contribution in [0.15, 0.2) is 16.6 Å². The Kier molecular flexibility index (Phi) is 5.18. The number of carbonyl (C=O) groups excluding carboxylic acids is 1. The van der Waals surface area contributed by atoms with Crippen LogP contribution in [-0.4, -0.2) is 54.9 Å². The van der Waals surface area contributed by atoms with Crippen molar-refractivity contribution in [1.82, 2.24) is 9.80 Å². The maximum absolute atomic E-state index is 11.3. The van der Waals surface area contributed by atoms with Crippen LogP contribution in [0.1, 0.15) is 6.92 Å². The molecule has 1 heterocycles. The van der Waals surface area contributed by atoms with Gasteiger partial charge in [0.25, 0.3) is 0 Å². The average molecular weight is 243 g/mol. The first-order chi connectivity index (χ1) is 7.63. The van der Waals surface area contributed by atoms with Crippen molar-refractivity contribution in [1.29, 1.82) is 0 Å². The summed E-state index contributed by atoms with van der Waals surface area (Å²) in [5.41, 5.74) is -0.0631. The van der Waals surface area contributed by atoms with E-state index >= 15 is 0 Å². The molecule has 0 N–H and O–H groups in total. The molecule has 0 bridgehead atoms. The van der Waals surface area contributed by atoms with E-state index in [1.807, 2.05) is 35.5 Å². The summed E-state index contributed by atoms with van der Waals surface area (Å²) in [7, 11) is 3.82. The Morgan fingerprint density at radius 1 is 1.69 bits per heavy atom. The zero-order valence-electron chi connectivity index (χ0n) is 9.79. The van der Waals surface area contributed by atoms with Crippen molar-refractivity contribution in [3.63, 3.8) is 0 Å². The van der Waals surface area contributed by atoms with Gasteiger partial charge in [0.2, 0.25) is 0 Å². The molecule has 0 aliphatic carbocycles. The van der Waals surface area contributed by atoms with E-state index < -0.39 is 0 Å². The molecule has 1 aliphatic rings. The highest BCUT2D eigenvalue weighted by Crippen LogP contribution is 2.25. The van der Waals surface area contributed by atoms with Gasteiger partial charge >= 0.3 is 5.97 Å². The molecular formula is C10H17N3O2S. The van der Waals surface area contributed by atoms with Gasteiger partial charge in [-0.2, -0.15) is 0 Å². The maximum atomic E-state index is 11.3. The number of esters is 1. The first kappa shape index (κ1) is 12.9. The summed E-state index contributed by atoms with van der Waals surface area (Å²) in [6, 6.07) is 0. The molecule has 1 unspecified atom stereocenters. The van der Waals surface area contributed by atoms with E-state index in [-0.39, 0.29) is 18.0 Å². The maximum Gasteiger partial charge on any atom is 0.325 e. The van der Waals surface area contributed by atoms with Crippen molar-refractivity contribution in [2.24, 2.45) is 4.99 Å². The summed E-state index contributed by atoms with van der Waals surface area (Å²) in [6.45, 7) is 2.45. The Labute approximate surface area is 100 Å². The normalized spacial score (nSPS) is 19.4. The minimum atomic E-state index is -0.222. The van der Waals surface area contributed by atoms with E-state index in [1.54, 1.807) is 25.0 Å². The Morgan fingerprint density at radius 3 is 3.06 bits per heavy atom. The number of hydrogen-bond donors (Lipinski definition) is 0. The summed E-state index contributed by atoms with van der Waals surface area (Å²) < 4.78 is 4.89. The molecule has 0 radical (unpaired) electrons. The third-order valence-corrected chi connectivity index (χ3v) is 2.69. The highest BCUT2D eigenvalue weighted by atomic mass is 32.2. The summed E-state index contributed by atoms with van der Waals surface area (Å²) in [6.07, 6.45) is 3.60. The molecule has 0 saturated carbocycles. The zero-order valence-corrected chi connectivity index (χ0v) is 10.6. The topological polar surface area (TPSA) is 45.1 Å². The van der Waals surface area contributed by atoms with Gasteiger partial charge in [0.1, 0.15) is 6.54 Å². The van der Waals surface area contributed by atoms with Crippen molar-refractivity contribution in [3.05, 3.63) is 11.6 Å². The largest absolute Gasteiger partial charge is 0.465 e. The number of rotatable bonds is 5. The summed E-state index contributed by atoms with van der Waals surface area (Å²) >= 11 is 1.57. The van der Waals surface area contributed by atoms with Crippen molar-refractivity contribution in [3.8, 4) is 0 Å². The Balaban J connectivity index is 2.45. The third kappa shape index (κ3) is 4.14. The summed E-state index contributed by atoms with van der Waals surface area (Å²) in [5.74, 6) is -0.222. The Hall–Kier alpha value is -1.17. The second-order valence-electron chi connectivity index (χ2n) is 3.45. The van der Waals surface area contributed by atoms with Gasteiger partial charge in [0.15, 0.2) is 5.50 Å². The van der Waals surface area contributed by atoms with E-state index in [1.165, 1.54) is 0 Å². The summed E-state index contributed by atoms with van der Waals surface area (Å²) in [4.78, 5) is 19.4. The molecule has 1 atom stereocenters. The van der Waals surface area contributed by atoms with Gasteiger partial charge in [-0.05, 0) is 12.3 Å². The first-order valence-electron chi connectivity index (χ1n) is 5.06. The minimum Gasteiger partial charge on any atom is -0.465 e. The molecule has 0 fully saturated rings. The highest BCUT2D eigenvalue weighted by molar-refractivity contribution is 8.02. The van der Waals surface area contributed by atoms with E-state index in [2.05, 4.69) is 4.99 Å². The second kappa shape index (κ2) is 6.42. The van der Waals surface area contributed by atoms with Crippen LogP contribution in [0.2, 0.25) is 0 Å². The number of aliphatic imine (C=N–C) groups is 1. The molecule has 0 aromatic rings. The lowest BCUT2D eigenvalue weighted by atomic mass is 10.5. The van der Waals surface area contributed by atoms with Crippen LogP contribution in [0.3, 0.4) is 0 Å². The van der Waals surface area contributed by atoms with Crippen LogP contribution < -0.4 is 0 Å².